The molecule has 0 saturated heterocycles. The number of aromatic amines is 1. The van der Waals surface area contributed by atoms with Crippen molar-refractivity contribution in [1.29, 1.82) is 0 Å². The number of aryl methyl sites for hydroxylation is 1. The van der Waals surface area contributed by atoms with Crippen molar-refractivity contribution in [2.24, 2.45) is 17.8 Å². The Morgan fingerprint density at radius 3 is 2.48 bits per heavy atom. The van der Waals surface area contributed by atoms with Crippen LogP contribution in [0.2, 0.25) is 0 Å². The lowest BCUT2D eigenvalue weighted by atomic mass is 9.83. The summed E-state index contributed by atoms with van der Waals surface area (Å²) in [5, 5.41) is 3.52. The topological polar surface area (TPSA) is 71.2 Å². The van der Waals surface area contributed by atoms with Gasteiger partial charge in [0.1, 0.15) is 0 Å². The third-order valence-corrected chi connectivity index (χ3v) is 6.41. The van der Waals surface area contributed by atoms with E-state index < -0.39 is 5.97 Å². The van der Waals surface area contributed by atoms with Crippen molar-refractivity contribution in [3.05, 3.63) is 22.5 Å². The van der Waals surface area contributed by atoms with Gasteiger partial charge in [0.2, 0.25) is 0 Å². The van der Waals surface area contributed by atoms with Gasteiger partial charge < -0.3 is 15.0 Å². The van der Waals surface area contributed by atoms with Crippen LogP contribution in [0.15, 0.2) is 0 Å². The van der Waals surface area contributed by atoms with E-state index in [2.05, 4.69) is 17.2 Å². The molecule has 2 aliphatic carbocycles. The van der Waals surface area contributed by atoms with Crippen molar-refractivity contribution in [2.75, 3.05) is 7.11 Å². The number of aromatic nitrogens is 1. The Morgan fingerprint density at radius 1 is 1.20 bits per heavy atom. The molecule has 0 spiro atoms. The Balaban J connectivity index is 1.69. The maximum Gasteiger partial charge on any atom is 0.339 e. The molecule has 2 fully saturated rings. The predicted molar refractivity (Wildman–Crippen MR) is 96.9 cm³/mol. The molecule has 5 nitrogen and oxygen atoms in total. The van der Waals surface area contributed by atoms with E-state index in [4.69, 9.17) is 4.74 Å². The smallest absolute Gasteiger partial charge is 0.339 e. The molecular formula is C20H30N2O3. The summed E-state index contributed by atoms with van der Waals surface area (Å²) in [6.07, 6.45) is 5.41. The summed E-state index contributed by atoms with van der Waals surface area (Å²) < 4.78 is 4.83. The third kappa shape index (κ3) is 3.26. The summed E-state index contributed by atoms with van der Waals surface area (Å²) in [4.78, 5) is 27.9. The fourth-order valence-electron chi connectivity index (χ4n) is 5.12. The molecule has 0 aromatic carbocycles. The van der Waals surface area contributed by atoms with E-state index in [-0.39, 0.29) is 11.8 Å². The van der Waals surface area contributed by atoms with Crippen LogP contribution in [0.5, 0.6) is 0 Å². The van der Waals surface area contributed by atoms with Crippen LogP contribution in [0.4, 0.5) is 0 Å². The molecule has 2 bridgehead atoms. The van der Waals surface area contributed by atoms with E-state index in [1.807, 2.05) is 6.92 Å². The largest absolute Gasteiger partial charge is 0.465 e. The van der Waals surface area contributed by atoms with Gasteiger partial charge in [-0.1, -0.05) is 6.42 Å². The molecule has 5 heteroatoms. The van der Waals surface area contributed by atoms with Crippen LogP contribution in [0.1, 0.15) is 71.6 Å². The standard InChI is InChI=1S/C20H30N2O3/c1-10-17(20(24)25-5)12(3)22-18(10)19(23)13(4)21-11(2)16-9-14-6-7-15(16)8-14/h11,13-16,21-22H,6-9H2,1-5H3/t11-,13+,14+,15+,16-/m1/s1. The number of carbonyl (C=O) groups is 2. The highest BCUT2D eigenvalue weighted by molar-refractivity contribution is 6.03. The highest BCUT2D eigenvalue weighted by atomic mass is 16.5. The second-order valence-corrected chi connectivity index (χ2v) is 8.00. The first kappa shape index (κ1) is 18.2. The molecule has 1 heterocycles. The van der Waals surface area contributed by atoms with Crippen LogP contribution >= 0.6 is 0 Å². The number of methoxy groups -OCH3 is 1. The number of carbonyl (C=O) groups excluding carboxylic acids is 2. The molecule has 0 radical (unpaired) electrons. The molecule has 1 aromatic rings. The van der Waals surface area contributed by atoms with Crippen LogP contribution in [0, 0.1) is 31.6 Å². The van der Waals surface area contributed by atoms with Gasteiger partial charge in [-0.15, -0.1) is 0 Å². The lowest BCUT2D eigenvalue weighted by Crippen LogP contribution is -2.45. The SMILES string of the molecule is COC(=O)c1c(C)[nH]c(C(=O)[C@H](C)N[C@H](C)[C@H]2C[C@H]3CC[C@H]2C3)c1C. The van der Waals surface area contributed by atoms with Gasteiger partial charge in [-0.05, 0) is 70.3 Å². The molecule has 0 amide bonds. The van der Waals surface area contributed by atoms with Gasteiger partial charge in [-0.3, -0.25) is 4.79 Å². The minimum absolute atomic E-state index is 0.00533. The van der Waals surface area contributed by atoms with Crippen molar-refractivity contribution >= 4 is 11.8 Å². The summed E-state index contributed by atoms with van der Waals surface area (Å²) in [7, 11) is 1.36. The molecule has 3 rings (SSSR count). The summed E-state index contributed by atoms with van der Waals surface area (Å²) in [5.74, 6) is 2.02. The maximum absolute atomic E-state index is 12.9. The van der Waals surface area contributed by atoms with Gasteiger partial charge in [-0.25, -0.2) is 4.79 Å². The first-order valence-corrected chi connectivity index (χ1v) is 9.41. The monoisotopic (exact) mass is 346 g/mol. The molecule has 25 heavy (non-hydrogen) atoms. The number of ketones is 1. The molecular weight excluding hydrogens is 316 g/mol. The number of esters is 1. The van der Waals surface area contributed by atoms with Gasteiger partial charge in [-0.2, -0.15) is 0 Å². The lowest BCUT2D eigenvalue weighted by molar-refractivity contribution is 0.0599. The van der Waals surface area contributed by atoms with Gasteiger partial charge in [0, 0.05) is 11.7 Å². The number of hydrogen-bond donors (Lipinski definition) is 2. The molecule has 1 aromatic heterocycles. The number of ether oxygens (including phenoxy) is 1. The zero-order valence-corrected chi connectivity index (χ0v) is 15.9. The molecule has 2 N–H and O–H groups in total. The van der Waals surface area contributed by atoms with Crippen LogP contribution in [0.25, 0.3) is 0 Å². The van der Waals surface area contributed by atoms with Gasteiger partial charge >= 0.3 is 5.97 Å². The first-order valence-electron chi connectivity index (χ1n) is 9.41. The Kier molecular flexibility index (Phi) is 5.05. The van der Waals surface area contributed by atoms with E-state index in [0.29, 0.717) is 34.5 Å². The van der Waals surface area contributed by atoms with E-state index in [0.717, 1.165) is 11.8 Å². The van der Waals surface area contributed by atoms with Crippen molar-refractivity contribution in [1.82, 2.24) is 10.3 Å². The number of Topliss-reactive ketones (excluding diaryl/α,β-unsaturated/α-hetero) is 1. The number of rotatable bonds is 6. The number of hydrogen-bond acceptors (Lipinski definition) is 4. The third-order valence-electron chi connectivity index (χ3n) is 6.41. The van der Waals surface area contributed by atoms with Crippen LogP contribution < -0.4 is 5.32 Å². The van der Waals surface area contributed by atoms with Crippen molar-refractivity contribution in [2.45, 2.75) is 65.5 Å². The first-order chi connectivity index (χ1) is 11.8. The highest BCUT2D eigenvalue weighted by Crippen LogP contribution is 2.49. The quantitative estimate of drug-likeness (QED) is 0.612. The Labute approximate surface area is 149 Å². The minimum atomic E-state index is -0.402. The maximum atomic E-state index is 12.9. The lowest BCUT2D eigenvalue weighted by Gasteiger charge is -2.30. The zero-order valence-electron chi connectivity index (χ0n) is 15.9. The molecule has 2 saturated carbocycles. The normalized spacial score (nSPS) is 27.3. The van der Waals surface area contributed by atoms with Gasteiger partial charge in [0.25, 0.3) is 0 Å². The predicted octanol–water partition coefficient (Wildman–Crippen LogP) is 3.40. The van der Waals surface area contributed by atoms with Crippen LogP contribution in [0.3, 0.4) is 0 Å². The second kappa shape index (κ2) is 6.94. The number of fused-ring (bicyclic) bond motifs is 2. The van der Waals surface area contributed by atoms with E-state index >= 15 is 0 Å². The Hall–Kier alpha value is -1.62. The fraction of sp³-hybridized carbons (Fsp3) is 0.700. The molecule has 0 unspecified atom stereocenters. The average molecular weight is 346 g/mol. The Bertz CT molecular complexity index is 679. The van der Waals surface area contributed by atoms with Gasteiger partial charge in [0.15, 0.2) is 5.78 Å². The van der Waals surface area contributed by atoms with Crippen molar-refractivity contribution in [3.63, 3.8) is 0 Å². The van der Waals surface area contributed by atoms with E-state index in [1.54, 1.807) is 13.8 Å². The highest BCUT2D eigenvalue weighted by Gasteiger charge is 2.42. The molecule has 0 aliphatic heterocycles. The summed E-state index contributed by atoms with van der Waals surface area (Å²) in [6.45, 7) is 7.72. The fourth-order valence-corrected chi connectivity index (χ4v) is 5.12. The Morgan fingerprint density at radius 2 is 1.92 bits per heavy atom. The number of nitrogens with one attached hydrogen (secondary N) is 2. The average Bonchev–Trinajstić information content (AvgIpc) is 3.28. The van der Waals surface area contributed by atoms with Crippen LogP contribution in [-0.2, 0) is 4.74 Å². The summed E-state index contributed by atoms with van der Waals surface area (Å²) >= 11 is 0. The van der Waals surface area contributed by atoms with Crippen LogP contribution in [-0.4, -0.2) is 35.9 Å². The van der Waals surface area contributed by atoms with Gasteiger partial charge in [0.05, 0.1) is 24.4 Å². The molecule has 138 valence electrons. The molecule has 2 aliphatic rings. The molecule has 5 atom stereocenters. The summed E-state index contributed by atoms with van der Waals surface area (Å²) in [6, 6.07) is 0.0575. The van der Waals surface area contributed by atoms with E-state index in [1.165, 1.54) is 32.8 Å². The zero-order chi connectivity index (χ0) is 18.3. The van der Waals surface area contributed by atoms with Crippen molar-refractivity contribution < 1.29 is 14.3 Å². The minimum Gasteiger partial charge on any atom is -0.465 e. The summed E-state index contributed by atoms with van der Waals surface area (Å²) in [5.41, 5.74) is 2.34. The second-order valence-electron chi connectivity index (χ2n) is 8.00. The van der Waals surface area contributed by atoms with Crippen molar-refractivity contribution in [3.8, 4) is 0 Å². The van der Waals surface area contributed by atoms with E-state index in [9.17, 15) is 9.59 Å². The number of H-pyrrole nitrogens is 1.